The van der Waals surface area contributed by atoms with Gasteiger partial charge in [0.15, 0.2) is 0 Å². The van der Waals surface area contributed by atoms with Gasteiger partial charge < -0.3 is 10.1 Å². The first-order chi connectivity index (χ1) is 5.95. The molecule has 0 amide bonds. The third-order valence-corrected chi connectivity index (χ3v) is 1.82. The third-order valence-electron chi connectivity index (χ3n) is 1.82. The van der Waals surface area contributed by atoms with Gasteiger partial charge in [-0.1, -0.05) is 18.2 Å². The van der Waals surface area contributed by atoms with E-state index in [4.69, 9.17) is 4.74 Å². The van der Waals surface area contributed by atoms with E-state index in [1.165, 1.54) is 0 Å². The summed E-state index contributed by atoms with van der Waals surface area (Å²) < 4.78 is 5.33. The maximum atomic E-state index is 5.33. The van der Waals surface area contributed by atoms with E-state index in [-0.39, 0.29) is 6.23 Å². The average molecular weight is 164 g/mol. The fourth-order valence-corrected chi connectivity index (χ4v) is 1.22. The number of benzene rings is 1. The lowest BCUT2D eigenvalue weighted by Crippen LogP contribution is -2.23. The zero-order valence-electron chi connectivity index (χ0n) is 6.79. The smallest absolute Gasteiger partial charge is 0.142 e. The van der Waals surface area contributed by atoms with Crippen LogP contribution in [0.3, 0.4) is 0 Å². The first kappa shape index (κ1) is 7.58. The monoisotopic (exact) mass is 164 g/mol. The Morgan fingerprint density at radius 3 is 2.83 bits per heavy atom. The summed E-state index contributed by atoms with van der Waals surface area (Å²) in [5.41, 5.74) is 1.10. The van der Waals surface area contributed by atoms with Crippen LogP contribution in [-0.2, 0) is 4.74 Å². The number of rotatable bonds is 2. The van der Waals surface area contributed by atoms with E-state index in [1.54, 1.807) is 0 Å². The van der Waals surface area contributed by atoms with Crippen molar-refractivity contribution in [2.45, 2.75) is 6.23 Å². The molecule has 1 atom stereocenters. The minimum Gasteiger partial charge on any atom is -0.359 e. The second-order valence-electron chi connectivity index (χ2n) is 2.76. The van der Waals surface area contributed by atoms with Gasteiger partial charge in [-0.2, -0.15) is 0 Å². The second kappa shape index (κ2) is 3.56. The molecule has 0 spiro atoms. The van der Waals surface area contributed by atoms with Crippen LogP contribution in [0.2, 0.25) is 0 Å². The summed E-state index contributed by atoms with van der Waals surface area (Å²) in [6.45, 7) is 1.51. The fourth-order valence-electron chi connectivity index (χ4n) is 1.22. The van der Waals surface area contributed by atoms with Crippen LogP contribution in [0.5, 0.6) is 0 Å². The Bertz CT molecular complexity index is 232. The Balaban J connectivity index is 1.94. The van der Waals surface area contributed by atoms with Crippen LogP contribution < -0.4 is 10.6 Å². The lowest BCUT2D eigenvalue weighted by atomic mass is 10.3. The largest absolute Gasteiger partial charge is 0.359 e. The number of para-hydroxylation sites is 1. The van der Waals surface area contributed by atoms with Gasteiger partial charge in [0.1, 0.15) is 6.23 Å². The maximum absolute atomic E-state index is 5.33. The van der Waals surface area contributed by atoms with Gasteiger partial charge in [0.2, 0.25) is 0 Å². The van der Waals surface area contributed by atoms with E-state index < -0.39 is 0 Å². The summed E-state index contributed by atoms with van der Waals surface area (Å²) in [6.07, 6.45) is 0.118. The minimum absolute atomic E-state index is 0.118. The highest BCUT2D eigenvalue weighted by atomic mass is 16.5. The Kier molecular flexibility index (Phi) is 2.25. The van der Waals surface area contributed by atoms with Crippen LogP contribution in [0, 0.1) is 0 Å². The van der Waals surface area contributed by atoms with E-state index in [1.807, 2.05) is 30.3 Å². The van der Waals surface area contributed by atoms with Crippen molar-refractivity contribution in [2.24, 2.45) is 0 Å². The first-order valence-electron chi connectivity index (χ1n) is 4.09. The van der Waals surface area contributed by atoms with Gasteiger partial charge in [0.25, 0.3) is 0 Å². The Morgan fingerprint density at radius 2 is 2.17 bits per heavy atom. The van der Waals surface area contributed by atoms with Crippen molar-refractivity contribution in [1.82, 2.24) is 5.32 Å². The van der Waals surface area contributed by atoms with Crippen LogP contribution in [-0.4, -0.2) is 19.5 Å². The zero-order valence-corrected chi connectivity index (χ0v) is 6.79. The summed E-state index contributed by atoms with van der Waals surface area (Å²) in [4.78, 5) is 0. The van der Waals surface area contributed by atoms with E-state index in [0.29, 0.717) is 6.73 Å². The average Bonchev–Trinajstić information content (AvgIpc) is 2.59. The lowest BCUT2D eigenvalue weighted by molar-refractivity contribution is 0.133. The summed E-state index contributed by atoms with van der Waals surface area (Å²) in [5, 5.41) is 6.36. The molecule has 1 aliphatic rings. The highest BCUT2D eigenvalue weighted by Crippen LogP contribution is 2.08. The highest BCUT2D eigenvalue weighted by Gasteiger charge is 2.13. The molecule has 0 saturated carbocycles. The van der Waals surface area contributed by atoms with E-state index in [0.717, 1.165) is 12.2 Å². The molecule has 2 N–H and O–H groups in total. The molecule has 1 saturated heterocycles. The second-order valence-corrected chi connectivity index (χ2v) is 2.76. The van der Waals surface area contributed by atoms with Crippen molar-refractivity contribution in [3.05, 3.63) is 30.3 Å². The summed E-state index contributed by atoms with van der Waals surface area (Å²) >= 11 is 0. The Labute approximate surface area is 71.7 Å². The lowest BCUT2D eigenvalue weighted by Gasteiger charge is -2.11. The zero-order chi connectivity index (χ0) is 8.23. The SMILES string of the molecule is c1ccc(NC2CNCO2)cc1. The third kappa shape index (κ3) is 1.75. The number of ether oxygens (including phenoxy) is 1. The molecule has 0 aliphatic carbocycles. The summed E-state index contributed by atoms with van der Waals surface area (Å²) in [5.74, 6) is 0. The molecule has 0 bridgehead atoms. The maximum Gasteiger partial charge on any atom is 0.142 e. The molecule has 3 heteroatoms. The van der Waals surface area contributed by atoms with Crippen molar-refractivity contribution in [3.63, 3.8) is 0 Å². The topological polar surface area (TPSA) is 33.3 Å². The number of anilines is 1. The predicted molar refractivity (Wildman–Crippen MR) is 47.8 cm³/mol. The highest BCUT2D eigenvalue weighted by molar-refractivity contribution is 5.43. The van der Waals surface area contributed by atoms with Crippen LogP contribution in [0.4, 0.5) is 5.69 Å². The Morgan fingerprint density at radius 1 is 1.33 bits per heavy atom. The molecule has 1 fully saturated rings. The van der Waals surface area contributed by atoms with Gasteiger partial charge in [-0.25, -0.2) is 0 Å². The fraction of sp³-hybridized carbons (Fsp3) is 0.333. The van der Waals surface area contributed by atoms with Gasteiger partial charge in [-0.3, -0.25) is 5.32 Å². The van der Waals surface area contributed by atoms with Crippen LogP contribution >= 0.6 is 0 Å². The molecule has 2 rings (SSSR count). The molecule has 1 aromatic rings. The van der Waals surface area contributed by atoms with Crippen molar-refractivity contribution < 1.29 is 4.74 Å². The van der Waals surface area contributed by atoms with Gasteiger partial charge in [0, 0.05) is 12.2 Å². The number of hydrogen-bond donors (Lipinski definition) is 2. The normalized spacial score (nSPS) is 22.5. The molecule has 3 nitrogen and oxygen atoms in total. The van der Waals surface area contributed by atoms with E-state index in [2.05, 4.69) is 10.6 Å². The standard InChI is InChI=1S/C9H12N2O/c1-2-4-8(5-3-1)11-9-6-10-7-12-9/h1-5,9-11H,6-7H2. The number of nitrogens with one attached hydrogen (secondary N) is 2. The van der Waals surface area contributed by atoms with E-state index >= 15 is 0 Å². The summed E-state index contributed by atoms with van der Waals surface area (Å²) in [7, 11) is 0. The minimum atomic E-state index is 0.118. The van der Waals surface area contributed by atoms with Crippen molar-refractivity contribution >= 4 is 5.69 Å². The molecule has 0 radical (unpaired) electrons. The molecule has 0 aromatic heterocycles. The molecule has 1 aromatic carbocycles. The molecule has 12 heavy (non-hydrogen) atoms. The van der Waals surface area contributed by atoms with E-state index in [9.17, 15) is 0 Å². The number of hydrogen-bond acceptors (Lipinski definition) is 3. The van der Waals surface area contributed by atoms with Crippen molar-refractivity contribution in [3.8, 4) is 0 Å². The van der Waals surface area contributed by atoms with Crippen LogP contribution in [0.15, 0.2) is 30.3 Å². The molecular formula is C9H12N2O. The molecule has 1 heterocycles. The Hall–Kier alpha value is -1.06. The first-order valence-corrected chi connectivity index (χ1v) is 4.09. The van der Waals surface area contributed by atoms with Gasteiger partial charge in [-0.05, 0) is 12.1 Å². The van der Waals surface area contributed by atoms with Gasteiger partial charge in [-0.15, -0.1) is 0 Å². The predicted octanol–water partition coefficient (Wildman–Crippen LogP) is 1.00. The van der Waals surface area contributed by atoms with Crippen LogP contribution in [0.25, 0.3) is 0 Å². The summed E-state index contributed by atoms with van der Waals surface area (Å²) in [6, 6.07) is 10.1. The van der Waals surface area contributed by atoms with Crippen molar-refractivity contribution in [1.29, 1.82) is 0 Å². The van der Waals surface area contributed by atoms with Crippen LogP contribution in [0.1, 0.15) is 0 Å². The molecular weight excluding hydrogens is 152 g/mol. The van der Waals surface area contributed by atoms with Gasteiger partial charge >= 0.3 is 0 Å². The molecule has 1 unspecified atom stereocenters. The molecule has 64 valence electrons. The molecule has 1 aliphatic heterocycles. The van der Waals surface area contributed by atoms with Gasteiger partial charge in [0.05, 0.1) is 6.73 Å². The quantitative estimate of drug-likeness (QED) is 0.684. The van der Waals surface area contributed by atoms with Crippen molar-refractivity contribution in [2.75, 3.05) is 18.6 Å².